The summed E-state index contributed by atoms with van der Waals surface area (Å²) in [7, 11) is 0. The first-order valence-corrected chi connectivity index (χ1v) is 5.33. The third kappa shape index (κ3) is 2.48. The Hall–Kier alpha value is -1.08. The molecule has 4 heteroatoms. The fourth-order valence-corrected chi connectivity index (χ4v) is 1.71. The second kappa shape index (κ2) is 4.19. The lowest BCUT2D eigenvalue weighted by molar-refractivity contribution is -0.134. The summed E-state index contributed by atoms with van der Waals surface area (Å²) in [5.74, 6) is -0.0912. The van der Waals surface area contributed by atoms with E-state index in [9.17, 15) is 4.79 Å². The first-order chi connectivity index (χ1) is 6.88. The third-order valence-corrected chi connectivity index (χ3v) is 2.88. The van der Waals surface area contributed by atoms with Crippen molar-refractivity contribution in [3.05, 3.63) is 0 Å². The summed E-state index contributed by atoms with van der Waals surface area (Å²) < 4.78 is 0. The van der Waals surface area contributed by atoms with Crippen LogP contribution in [0.5, 0.6) is 0 Å². The van der Waals surface area contributed by atoms with Crippen LogP contribution in [0, 0.1) is 16.7 Å². The number of nitrogens with zero attached hydrogens (tertiary/aromatic N) is 2. The van der Waals surface area contributed by atoms with E-state index in [2.05, 4.69) is 6.07 Å². The van der Waals surface area contributed by atoms with Crippen LogP contribution >= 0.6 is 0 Å². The van der Waals surface area contributed by atoms with Crippen molar-refractivity contribution >= 4 is 5.91 Å². The SMILES string of the molecule is CC(C)(C)[C@H](N)C(=O)N1CCCC1C#N. The molecule has 1 amide bonds. The van der Waals surface area contributed by atoms with Crippen molar-refractivity contribution in [3.63, 3.8) is 0 Å². The molecule has 1 aliphatic rings. The van der Waals surface area contributed by atoms with E-state index < -0.39 is 6.04 Å². The zero-order valence-electron chi connectivity index (χ0n) is 9.66. The first kappa shape index (κ1) is 12.0. The topological polar surface area (TPSA) is 70.1 Å². The molecule has 2 atom stereocenters. The van der Waals surface area contributed by atoms with Gasteiger partial charge in [0.05, 0.1) is 12.1 Å². The molecule has 15 heavy (non-hydrogen) atoms. The number of carbonyl (C=O) groups is 1. The van der Waals surface area contributed by atoms with Gasteiger partial charge in [0.2, 0.25) is 5.91 Å². The maximum atomic E-state index is 12.0. The van der Waals surface area contributed by atoms with E-state index in [0.29, 0.717) is 6.54 Å². The number of amides is 1. The lowest BCUT2D eigenvalue weighted by Crippen LogP contribution is -2.51. The van der Waals surface area contributed by atoms with Crippen LogP contribution in [0.15, 0.2) is 0 Å². The fraction of sp³-hybridized carbons (Fsp3) is 0.818. The molecule has 1 rings (SSSR count). The van der Waals surface area contributed by atoms with Crippen LogP contribution in [0.25, 0.3) is 0 Å². The zero-order valence-corrected chi connectivity index (χ0v) is 9.66. The summed E-state index contributed by atoms with van der Waals surface area (Å²) in [6.07, 6.45) is 1.68. The lowest BCUT2D eigenvalue weighted by atomic mass is 9.86. The van der Waals surface area contributed by atoms with Crippen molar-refractivity contribution in [2.24, 2.45) is 11.1 Å². The van der Waals surface area contributed by atoms with E-state index in [1.54, 1.807) is 4.90 Å². The Morgan fingerprint density at radius 2 is 2.20 bits per heavy atom. The van der Waals surface area contributed by atoms with Crippen LogP contribution in [0.1, 0.15) is 33.6 Å². The minimum Gasteiger partial charge on any atom is -0.325 e. The average Bonchev–Trinajstić information content (AvgIpc) is 2.61. The number of nitrogens with two attached hydrogens (primary N) is 1. The highest BCUT2D eigenvalue weighted by atomic mass is 16.2. The summed E-state index contributed by atoms with van der Waals surface area (Å²) in [5, 5.41) is 8.89. The molecule has 2 N–H and O–H groups in total. The number of hydrogen-bond donors (Lipinski definition) is 1. The van der Waals surface area contributed by atoms with Gasteiger partial charge in [0.15, 0.2) is 0 Å². The zero-order chi connectivity index (χ0) is 11.6. The van der Waals surface area contributed by atoms with Gasteiger partial charge in [0, 0.05) is 6.54 Å². The van der Waals surface area contributed by atoms with Gasteiger partial charge in [-0.3, -0.25) is 4.79 Å². The predicted molar refractivity (Wildman–Crippen MR) is 57.8 cm³/mol. The Bertz CT molecular complexity index is 287. The molecule has 4 nitrogen and oxygen atoms in total. The lowest BCUT2D eigenvalue weighted by Gasteiger charge is -2.31. The average molecular weight is 209 g/mol. The van der Waals surface area contributed by atoms with Crippen molar-refractivity contribution < 1.29 is 4.79 Å². The van der Waals surface area contributed by atoms with Crippen LogP contribution < -0.4 is 5.73 Å². The monoisotopic (exact) mass is 209 g/mol. The number of carbonyl (C=O) groups excluding carboxylic acids is 1. The van der Waals surface area contributed by atoms with Gasteiger partial charge in [0.25, 0.3) is 0 Å². The molecule has 0 aromatic carbocycles. The standard InChI is InChI=1S/C11H19N3O/c1-11(2,3)9(13)10(15)14-6-4-5-8(14)7-12/h8-9H,4-6,13H2,1-3H3/t8?,9-/m1/s1. The molecule has 1 heterocycles. The largest absolute Gasteiger partial charge is 0.325 e. The number of likely N-dealkylation sites (tertiary alicyclic amines) is 1. The molecule has 1 unspecified atom stereocenters. The summed E-state index contributed by atoms with van der Waals surface area (Å²) in [6.45, 7) is 6.48. The molecule has 84 valence electrons. The van der Waals surface area contributed by atoms with Gasteiger partial charge < -0.3 is 10.6 Å². The molecule has 0 bridgehead atoms. The maximum absolute atomic E-state index is 12.0. The summed E-state index contributed by atoms with van der Waals surface area (Å²) in [4.78, 5) is 13.6. The number of hydrogen-bond acceptors (Lipinski definition) is 3. The summed E-state index contributed by atoms with van der Waals surface area (Å²) in [6, 6.07) is 1.36. The second-order valence-electron chi connectivity index (χ2n) is 5.16. The fourth-order valence-electron chi connectivity index (χ4n) is 1.71. The molecule has 0 aromatic heterocycles. The Morgan fingerprint density at radius 1 is 1.60 bits per heavy atom. The second-order valence-corrected chi connectivity index (χ2v) is 5.16. The normalized spacial score (nSPS) is 23.7. The maximum Gasteiger partial charge on any atom is 0.241 e. The number of nitriles is 1. The van der Waals surface area contributed by atoms with Gasteiger partial charge in [0.1, 0.15) is 6.04 Å². The Labute approximate surface area is 91.0 Å². The van der Waals surface area contributed by atoms with E-state index in [4.69, 9.17) is 11.0 Å². The molecule has 0 aromatic rings. The van der Waals surface area contributed by atoms with Crippen molar-refractivity contribution in [2.75, 3.05) is 6.54 Å². The van der Waals surface area contributed by atoms with E-state index in [0.717, 1.165) is 12.8 Å². The van der Waals surface area contributed by atoms with E-state index in [1.165, 1.54) is 0 Å². The minimum atomic E-state index is -0.522. The van der Waals surface area contributed by atoms with Crippen LogP contribution in [-0.4, -0.2) is 29.4 Å². The molecular formula is C11H19N3O. The molecule has 0 saturated carbocycles. The van der Waals surface area contributed by atoms with Gasteiger partial charge >= 0.3 is 0 Å². The van der Waals surface area contributed by atoms with Crippen LogP contribution in [-0.2, 0) is 4.79 Å². The Kier molecular flexibility index (Phi) is 3.35. The van der Waals surface area contributed by atoms with Crippen LogP contribution in [0.3, 0.4) is 0 Å². The van der Waals surface area contributed by atoms with Gasteiger partial charge in [-0.15, -0.1) is 0 Å². The van der Waals surface area contributed by atoms with E-state index in [-0.39, 0.29) is 17.4 Å². The van der Waals surface area contributed by atoms with Gasteiger partial charge in [-0.05, 0) is 18.3 Å². The quantitative estimate of drug-likeness (QED) is 0.696. The Balaban J connectivity index is 2.73. The van der Waals surface area contributed by atoms with Crippen molar-refractivity contribution in [2.45, 2.75) is 45.7 Å². The molecule has 1 saturated heterocycles. The summed E-state index contributed by atoms with van der Waals surface area (Å²) >= 11 is 0. The summed E-state index contributed by atoms with van der Waals surface area (Å²) in [5.41, 5.74) is 5.64. The molecule has 1 fully saturated rings. The smallest absolute Gasteiger partial charge is 0.241 e. The molecule has 1 aliphatic heterocycles. The molecule has 0 spiro atoms. The highest BCUT2D eigenvalue weighted by molar-refractivity contribution is 5.83. The third-order valence-electron chi connectivity index (χ3n) is 2.88. The van der Waals surface area contributed by atoms with E-state index >= 15 is 0 Å². The Morgan fingerprint density at radius 3 is 2.67 bits per heavy atom. The van der Waals surface area contributed by atoms with Gasteiger partial charge in [-0.25, -0.2) is 0 Å². The molecule has 0 radical (unpaired) electrons. The van der Waals surface area contributed by atoms with E-state index in [1.807, 2.05) is 20.8 Å². The van der Waals surface area contributed by atoms with Crippen molar-refractivity contribution in [1.29, 1.82) is 5.26 Å². The highest BCUT2D eigenvalue weighted by Crippen LogP contribution is 2.23. The first-order valence-electron chi connectivity index (χ1n) is 5.33. The molecular weight excluding hydrogens is 190 g/mol. The number of rotatable bonds is 1. The van der Waals surface area contributed by atoms with Crippen LogP contribution in [0.2, 0.25) is 0 Å². The highest BCUT2D eigenvalue weighted by Gasteiger charge is 2.36. The predicted octanol–water partition coefficient (Wildman–Crippen LogP) is 0.874. The van der Waals surface area contributed by atoms with Crippen molar-refractivity contribution in [3.8, 4) is 6.07 Å². The van der Waals surface area contributed by atoms with Crippen molar-refractivity contribution in [1.82, 2.24) is 4.90 Å². The van der Waals surface area contributed by atoms with Crippen LogP contribution in [0.4, 0.5) is 0 Å². The minimum absolute atomic E-state index is 0.0912. The van der Waals surface area contributed by atoms with Gasteiger partial charge in [-0.1, -0.05) is 20.8 Å². The molecule has 0 aliphatic carbocycles. The van der Waals surface area contributed by atoms with Gasteiger partial charge in [-0.2, -0.15) is 5.26 Å².